The third kappa shape index (κ3) is 18.0. The van der Waals surface area contributed by atoms with Crippen LogP contribution in [0.4, 0.5) is 53.9 Å². The fraction of sp³-hybridized carbons (Fsp3) is 0.235. The van der Waals surface area contributed by atoms with Crippen LogP contribution in [-0.4, -0.2) is 190 Å². The van der Waals surface area contributed by atoms with Gasteiger partial charge in [-0.15, -0.1) is 0 Å². The van der Waals surface area contributed by atoms with E-state index in [9.17, 15) is 13.2 Å². The summed E-state index contributed by atoms with van der Waals surface area (Å²) < 4.78 is 88.8. The van der Waals surface area contributed by atoms with Crippen molar-refractivity contribution in [1.82, 2.24) is 123 Å². The van der Waals surface area contributed by atoms with Crippen LogP contribution in [0, 0.1) is 17.5 Å². The molecule has 0 saturated carbocycles. The summed E-state index contributed by atoms with van der Waals surface area (Å²) in [6.45, 7) is 10.7. The van der Waals surface area contributed by atoms with Gasteiger partial charge in [0.1, 0.15) is 130 Å². The van der Waals surface area contributed by atoms with Gasteiger partial charge >= 0.3 is 0 Å². The molecule has 2 aliphatic rings. The van der Waals surface area contributed by atoms with Gasteiger partial charge in [-0.25, -0.2) is 106 Å². The number of hydrogen-bond acceptors (Lipinski definition) is 33. The predicted octanol–water partition coefficient (Wildman–Crippen LogP) is 10.7. The second-order valence-corrected chi connectivity index (χ2v) is 28.8. The molecule has 39 nitrogen and oxygen atoms in total. The highest BCUT2D eigenvalue weighted by Gasteiger charge is 2.25. The number of anilines is 7. The van der Waals surface area contributed by atoms with Crippen LogP contribution in [0.5, 0.6) is 34.5 Å². The van der Waals surface area contributed by atoms with E-state index in [-0.39, 0.29) is 17.6 Å². The Morgan fingerprint density at radius 2 is 0.780 bits per heavy atom. The molecule has 650 valence electrons. The summed E-state index contributed by atoms with van der Waals surface area (Å²) in [5, 5.41) is 30.8. The summed E-state index contributed by atoms with van der Waals surface area (Å²) >= 11 is 0. The van der Waals surface area contributed by atoms with E-state index in [1.807, 2.05) is 95.8 Å². The van der Waals surface area contributed by atoms with Gasteiger partial charge in [-0.1, -0.05) is 12.1 Å². The minimum atomic E-state index is -0.441. The molecule has 20 rings (SSSR count). The van der Waals surface area contributed by atoms with Crippen molar-refractivity contribution in [2.24, 2.45) is 42.3 Å². The monoisotopic (exact) mass is 1720 g/mol. The van der Waals surface area contributed by atoms with Gasteiger partial charge in [0.05, 0.1) is 85.7 Å². The van der Waals surface area contributed by atoms with E-state index < -0.39 is 17.5 Å². The van der Waals surface area contributed by atoms with Gasteiger partial charge in [0.2, 0.25) is 0 Å². The molecule has 0 atom stereocenters. The van der Waals surface area contributed by atoms with Crippen LogP contribution < -0.4 is 67.7 Å². The van der Waals surface area contributed by atoms with E-state index in [0.29, 0.717) is 144 Å². The van der Waals surface area contributed by atoms with E-state index in [1.54, 1.807) is 86.5 Å². The normalized spacial score (nSPS) is 12.3. The maximum absolute atomic E-state index is 14.0. The molecule has 0 spiro atoms. The van der Waals surface area contributed by atoms with Gasteiger partial charge in [-0.3, -0.25) is 0 Å². The Morgan fingerprint density at radius 3 is 1.20 bits per heavy atom. The SMILES string of the molecule is CC(C)Oc1cccc(-c2nn(C)c3ncnc(N)c23)c1.CCOc1ccc(-c2nn(C)c3ncnc(N)c23)cc1F.COc1cc(-c2nn(C)c3ncnc(N)c23)ccc1F.COc1cc(F)cc(-c2nn(C)c3ncnc(N)c23)c1.Cn1nc(-c2ccc(N3CCOCC3)nc2)c2c(N)ncnc21.Cn1nc(-c2ccc3c(c2)OCCCO3)c2c(N)ncnc21. The number of halogens is 3. The topological polar surface area (TPSA) is 498 Å². The average molecular weight is 1730 g/mol. The molecule has 15 heterocycles. The summed E-state index contributed by atoms with van der Waals surface area (Å²) in [5.41, 5.74) is 48.2. The number of pyridine rings is 1. The molecular weight excluding hydrogens is 1640 g/mol. The van der Waals surface area contributed by atoms with Crippen LogP contribution in [0.25, 0.3) is 134 Å². The summed E-state index contributed by atoms with van der Waals surface area (Å²) in [6, 6.07) is 31.1. The quantitative estimate of drug-likeness (QED) is 0.0624. The molecule has 13 aromatic heterocycles. The third-order valence-corrected chi connectivity index (χ3v) is 20.1. The molecule has 127 heavy (non-hydrogen) atoms. The molecule has 5 aromatic carbocycles. The minimum absolute atomic E-state index is 0.120. The number of aromatic nitrogens is 25. The van der Waals surface area contributed by atoms with Crippen molar-refractivity contribution in [3.8, 4) is 102 Å². The Bertz CT molecular complexity index is 7050. The molecule has 18 aromatic rings. The van der Waals surface area contributed by atoms with Crippen LogP contribution in [0.2, 0.25) is 0 Å². The zero-order valence-corrected chi connectivity index (χ0v) is 70.8. The van der Waals surface area contributed by atoms with Crippen molar-refractivity contribution in [2.45, 2.75) is 33.3 Å². The highest BCUT2D eigenvalue weighted by Crippen LogP contribution is 2.41. The number of hydrogen-bond donors (Lipinski definition) is 6. The first-order valence-corrected chi connectivity index (χ1v) is 39.5. The van der Waals surface area contributed by atoms with Gasteiger partial charge in [0.25, 0.3) is 0 Å². The summed E-state index contributed by atoms with van der Waals surface area (Å²) in [5.74, 6) is 4.96. The smallest absolute Gasteiger partial charge is 0.165 e. The first kappa shape index (κ1) is 85.7. The van der Waals surface area contributed by atoms with Gasteiger partial charge < -0.3 is 72.5 Å². The van der Waals surface area contributed by atoms with E-state index in [2.05, 4.69) is 100 Å². The van der Waals surface area contributed by atoms with Crippen molar-refractivity contribution < 1.29 is 46.3 Å². The Kier molecular flexibility index (Phi) is 25.1. The highest BCUT2D eigenvalue weighted by molar-refractivity contribution is 6.03. The number of morpholine rings is 1. The summed E-state index contributed by atoms with van der Waals surface area (Å²) in [7, 11) is 13.7. The maximum Gasteiger partial charge on any atom is 0.165 e. The van der Waals surface area contributed by atoms with Crippen molar-refractivity contribution in [3.63, 3.8) is 0 Å². The summed E-state index contributed by atoms with van der Waals surface area (Å²) in [4.78, 5) is 56.0. The molecule has 42 heteroatoms. The zero-order chi connectivity index (χ0) is 89.4. The number of ether oxygens (including phenoxy) is 7. The Hall–Kier alpha value is -16.3. The molecule has 0 bridgehead atoms. The number of fused-ring (bicyclic) bond motifs is 7. The lowest BCUT2D eigenvalue weighted by Crippen LogP contribution is -2.36. The number of nitrogen functional groups attached to an aromatic ring is 6. The largest absolute Gasteiger partial charge is 0.497 e. The van der Waals surface area contributed by atoms with Crippen LogP contribution >= 0.6 is 0 Å². The number of methoxy groups -OCH3 is 2. The average Bonchev–Trinajstić information content (AvgIpc) is 1.69. The van der Waals surface area contributed by atoms with Crippen molar-refractivity contribution in [3.05, 3.63) is 171 Å². The molecule has 0 aliphatic carbocycles. The Balaban J connectivity index is 0.000000117. The molecule has 12 N–H and O–H groups in total. The van der Waals surface area contributed by atoms with Crippen molar-refractivity contribution >= 4 is 107 Å². The number of benzene rings is 5. The number of nitrogens with two attached hydrogens (primary N) is 6. The lowest BCUT2D eigenvalue weighted by molar-refractivity contribution is 0.122. The molecule has 2 aliphatic heterocycles. The fourth-order valence-electron chi connectivity index (χ4n) is 14.2. The number of nitrogens with zero attached hydrogens (tertiary/aromatic N) is 26. The van der Waals surface area contributed by atoms with Crippen LogP contribution in [0.1, 0.15) is 27.2 Å². The van der Waals surface area contributed by atoms with E-state index in [4.69, 9.17) is 67.6 Å². The molecule has 0 unspecified atom stereocenters. The van der Waals surface area contributed by atoms with E-state index >= 15 is 0 Å². The lowest BCUT2D eigenvalue weighted by Gasteiger charge is -2.27. The van der Waals surface area contributed by atoms with Crippen LogP contribution in [-0.2, 0) is 47.0 Å². The fourth-order valence-corrected chi connectivity index (χ4v) is 14.2. The zero-order valence-electron chi connectivity index (χ0n) is 70.8. The van der Waals surface area contributed by atoms with Gasteiger partial charge in [0.15, 0.2) is 68.5 Å². The Morgan fingerprint density at radius 1 is 0.378 bits per heavy atom. The highest BCUT2D eigenvalue weighted by atomic mass is 19.1. The minimum Gasteiger partial charge on any atom is -0.497 e. The van der Waals surface area contributed by atoms with Crippen molar-refractivity contribution in [1.29, 1.82) is 0 Å². The van der Waals surface area contributed by atoms with Gasteiger partial charge in [-0.05, 0) is 112 Å². The maximum atomic E-state index is 14.0. The number of rotatable bonds is 13. The second kappa shape index (κ2) is 37.2. The first-order valence-electron chi connectivity index (χ1n) is 39.5. The molecule has 1 fully saturated rings. The van der Waals surface area contributed by atoms with Crippen LogP contribution in [0.3, 0.4) is 0 Å². The number of aryl methyl sites for hydroxylation is 6. The van der Waals surface area contributed by atoms with Gasteiger partial charge in [0, 0.05) is 107 Å². The lowest BCUT2D eigenvalue weighted by atomic mass is 10.1. The van der Waals surface area contributed by atoms with Crippen molar-refractivity contribution in [2.75, 3.05) is 99.6 Å². The molecule has 0 amide bonds. The second-order valence-electron chi connectivity index (χ2n) is 28.8. The standard InChI is InChI=1S/C15H17N7O.C15H15N5O2.C15H17N5O.C14H14FN5O.2C13H12FN5O/c1-21-15-12(14(16)18-9-19-15)13(20-21)10-2-3-11(17-8-10)22-4-6-23-7-5-22;1-20-15-12(14(16)17-8-18-15)13(19-20)9-3-4-10-11(7-9)22-6-2-5-21-10;1-9(2)21-11-6-4-5-10(7-11)13-12-14(16)17-8-18-15(12)20(3)19-13;1-3-21-10-5-4-8(6-9(10)15)12-11-13(16)17-7-18-14(11)20(2)19-12;1-19-13-10(12(15)16-6-17-13)11(18-19)7-3-8(14)5-9(4-7)20-2;1-19-13-10(12(15)16-6-17-13)11(18-19)7-3-4-8(14)9(5-7)20-2/h2-3,8-9H,4-7H2,1H3,(H2,16,18,19);3-4,7-8H,2,5-6H2,1H3,(H2,16,17,18);4-9H,1-3H3,(H2,16,17,18);4-7H,3H2,1-2H3,(H2,16,17,18);2*3-6H,1-2H3,(H2,15,16,17). The third-order valence-electron chi connectivity index (χ3n) is 20.1. The van der Waals surface area contributed by atoms with E-state index in [1.165, 1.54) is 76.4 Å². The summed E-state index contributed by atoms with van der Waals surface area (Å²) in [6.07, 6.45) is 11.3. The predicted molar refractivity (Wildman–Crippen MR) is 473 cm³/mol. The van der Waals surface area contributed by atoms with Gasteiger partial charge in [-0.2, -0.15) is 30.6 Å². The molecular formula is C85H87F3N32O7. The van der Waals surface area contributed by atoms with Crippen LogP contribution in [0.15, 0.2) is 153 Å². The molecule has 0 radical (unpaired) electrons. The molecule has 1 saturated heterocycles. The Labute approximate surface area is 721 Å². The van der Waals surface area contributed by atoms with E-state index in [0.717, 1.165) is 106 Å². The first-order chi connectivity index (χ1) is 61.4.